The molecule has 1 aliphatic rings. The molecule has 0 saturated heterocycles. The maximum atomic E-state index is 10.8. The number of hydrogen-bond acceptors (Lipinski definition) is 3. The van der Waals surface area contributed by atoms with Crippen LogP contribution in [0.1, 0.15) is 35.8 Å². The molecular weight excluding hydrogens is 216 g/mol. The summed E-state index contributed by atoms with van der Waals surface area (Å²) in [4.78, 5) is 15.1. The number of nitrogens with zero attached hydrogens (tertiary/aromatic N) is 1. The summed E-state index contributed by atoms with van der Waals surface area (Å²) in [6, 6.07) is 3.34. The number of aryl methyl sites for hydroxylation is 1. The van der Waals surface area contributed by atoms with E-state index < -0.39 is 5.97 Å². The molecule has 1 heterocycles. The van der Waals surface area contributed by atoms with Crippen molar-refractivity contribution in [3.63, 3.8) is 0 Å². The molecule has 0 spiro atoms. The van der Waals surface area contributed by atoms with Gasteiger partial charge in [-0.1, -0.05) is 6.92 Å². The Labute approximate surface area is 101 Å². The molecule has 17 heavy (non-hydrogen) atoms. The molecule has 0 radical (unpaired) electrons. The van der Waals surface area contributed by atoms with Crippen LogP contribution in [0.25, 0.3) is 0 Å². The third-order valence-electron chi connectivity index (χ3n) is 3.35. The standard InChI is InChI=1S/C13H18N2O2/c1-8(10-3-4-10)7-14-12-6-5-11(13(16)17)9(2)15-12/h5-6,8,10H,3-4,7H2,1-2H3,(H,14,15)(H,16,17). The lowest BCUT2D eigenvalue weighted by molar-refractivity contribution is 0.0695. The van der Waals surface area contributed by atoms with Gasteiger partial charge in [0.25, 0.3) is 0 Å². The van der Waals surface area contributed by atoms with Gasteiger partial charge in [-0.3, -0.25) is 0 Å². The fourth-order valence-corrected chi connectivity index (χ4v) is 1.98. The zero-order valence-electron chi connectivity index (χ0n) is 10.2. The third kappa shape index (κ3) is 2.96. The number of hydrogen-bond donors (Lipinski definition) is 2. The molecule has 2 N–H and O–H groups in total. The Morgan fingerprint density at radius 3 is 2.82 bits per heavy atom. The minimum atomic E-state index is -0.923. The van der Waals surface area contributed by atoms with Gasteiger partial charge in [-0.25, -0.2) is 9.78 Å². The van der Waals surface area contributed by atoms with Crippen LogP contribution in [0.4, 0.5) is 5.82 Å². The summed E-state index contributed by atoms with van der Waals surface area (Å²) in [5.41, 5.74) is 0.826. The van der Waals surface area contributed by atoms with Gasteiger partial charge in [0.2, 0.25) is 0 Å². The van der Waals surface area contributed by atoms with Crippen LogP contribution >= 0.6 is 0 Å². The summed E-state index contributed by atoms with van der Waals surface area (Å²) in [6.07, 6.45) is 2.68. The fourth-order valence-electron chi connectivity index (χ4n) is 1.98. The summed E-state index contributed by atoms with van der Waals surface area (Å²) in [5.74, 6) is 1.37. The molecule has 1 fully saturated rings. The van der Waals surface area contributed by atoms with E-state index in [1.807, 2.05) is 0 Å². The van der Waals surface area contributed by atoms with E-state index in [-0.39, 0.29) is 5.56 Å². The van der Waals surface area contributed by atoms with E-state index in [0.29, 0.717) is 11.6 Å². The van der Waals surface area contributed by atoms with Crippen LogP contribution < -0.4 is 5.32 Å². The van der Waals surface area contributed by atoms with Crippen LogP contribution in [0, 0.1) is 18.8 Å². The zero-order valence-corrected chi connectivity index (χ0v) is 10.2. The van der Waals surface area contributed by atoms with Crippen molar-refractivity contribution < 1.29 is 9.90 Å². The summed E-state index contributed by atoms with van der Waals surface area (Å²) < 4.78 is 0. The van der Waals surface area contributed by atoms with Crippen molar-refractivity contribution in [2.24, 2.45) is 11.8 Å². The lowest BCUT2D eigenvalue weighted by Gasteiger charge is -2.12. The highest BCUT2D eigenvalue weighted by molar-refractivity contribution is 5.89. The largest absolute Gasteiger partial charge is 0.478 e. The molecule has 1 unspecified atom stereocenters. The lowest BCUT2D eigenvalue weighted by Crippen LogP contribution is -2.14. The topological polar surface area (TPSA) is 62.2 Å². The fraction of sp³-hybridized carbons (Fsp3) is 0.538. The number of aromatic nitrogens is 1. The van der Waals surface area contributed by atoms with Crippen LogP contribution in [0.5, 0.6) is 0 Å². The maximum Gasteiger partial charge on any atom is 0.337 e. The highest BCUT2D eigenvalue weighted by atomic mass is 16.4. The van der Waals surface area contributed by atoms with Crippen LogP contribution in [0.2, 0.25) is 0 Å². The Balaban J connectivity index is 1.97. The number of carboxylic acid groups (broad SMARTS) is 1. The lowest BCUT2D eigenvalue weighted by atomic mass is 10.1. The van der Waals surface area contributed by atoms with E-state index in [1.54, 1.807) is 19.1 Å². The van der Waals surface area contributed by atoms with E-state index in [4.69, 9.17) is 5.11 Å². The summed E-state index contributed by atoms with van der Waals surface area (Å²) in [5, 5.41) is 12.2. The van der Waals surface area contributed by atoms with E-state index in [9.17, 15) is 4.79 Å². The molecule has 1 aromatic heterocycles. The number of carbonyl (C=O) groups is 1. The smallest absolute Gasteiger partial charge is 0.337 e. The van der Waals surface area contributed by atoms with Crippen molar-refractivity contribution in [2.45, 2.75) is 26.7 Å². The normalized spacial score (nSPS) is 16.6. The number of pyridine rings is 1. The molecule has 0 amide bonds. The molecule has 92 valence electrons. The summed E-state index contributed by atoms with van der Waals surface area (Å²) >= 11 is 0. The Bertz CT molecular complexity index is 427. The molecule has 1 atom stereocenters. The molecule has 4 nitrogen and oxygen atoms in total. The average Bonchev–Trinajstić information content (AvgIpc) is 3.09. The molecular formula is C13H18N2O2. The molecule has 0 aromatic carbocycles. The quantitative estimate of drug-likeness (QED) is 0.821. The second kappa shape index (κ2) is 4.73. The van der Waals surface area contributed by atoms with Crippen molar-refractivity contribution in [2.75, 3.05) is 11.9 Å². The van der Waals surface area contributed by atoms with Gasteiger partial charge in [-0.05, 0) is 43.7 Å². The van der Waals surface area contributed by atoms with Crippen LogP contribution in [-0.2, 0) is 0 Å². The van der Waals surface area contributed by atoms with Crippen molar-refractivity contribution in [3.05, 3.63) is 23.4 Å². The Morgan fingerprint density at radius 2 is 2.29 bits per heavy atom. The number of aromatic carboxylic acids is 1. The summed E-state index contributed by atoms with van der Waals surface area (Å²) in [7, 11) is 0. The highest BCUT2D eigenvalue weighted by Crippen LogP contribution is 2.36. The Morgan fingerprint density at radius 1 is 1.59 bits per heavy atom. The van der Waals surface area contributed by atoms with Crippen molar-refractivity contribution >= 4 is 11.8 Å². The monoisotopic (exact) mass is 234 g/mol. The Hall–Kier alpha value is -1.58. The van der Waals surface area contributed by atoms with Gasteiger partial charge in [-0.15, -0.1) is 0 Å². The SMILES string of the molecule is Cc1nc(NCC(C)C2CC2)ccc1C(=O)O. The zero-order chi connectivity index (χ0) is 12.4. The van der Waals surface area contributed by atoms with E-state index in [1.165, 1.54) is 12.8 Å². The average molecular weight is 234 g/mol. The van der Waals surface area contributed by atoms with Gasteiger partial charge in [0.1, 0.15) is 5.82 Å². The van der Waals surface area contributed by atoms with Gasteiger partial charge in [0.15, 0.2) is 0 Å². The minimum absolute atomic E-state index is 0.269. The van der Waals surface area contributed by atoms with E-state index in [0.717, 1.165) is 18.3 Å². The van der Waals surface area contributed by atoms with Gasteiger partial charge in [0.05, 0.1) is 11.3 Å². The molecule has 1 aliphatic carbocycles. The molecule has 4 heteroatoms. The number of carboxylic acids is 1. The first-order chi connectivity index (χ1) is 8.08. The van der Waals surface area contributed by atoms with Crippen molar-refractivity contribution in [1.82, 2.24) is 4.98 Å². The highest BCUT2D eigenvalue weighted by Gasteiger charge is 2.27. The molecule has 0 bridgehead atoms. The van der Waals surface area contributed by atoms with Crippen LogP contribution in [0.3, 0.4) is 0 Å². The van der Waals surface area contributed by atoms with Gasteiger partial charge in [-0.2, -0.15) is 0 Å². The summed E-state index contributed by atoms with van der Waals surface area (Å²) in [6.45, 7) is 4.87. The van der Waals surface area contributed by atoms with Gasteiger partial charge in [0, 0.05) is 6.54 Å². The van der Waals surface area contributed by atoms with Gasteiger partial charge >= 0.3 is 5.97 Å². The molecule has 0 aliphatic heterocycles. The maximum absolute atomic E-state index is 10.8. The number of rotatable bonds is 5. The van der Waals surface area contributed by atoms with Crippen LogP contribution in [0.15, 0.2) is 12.1 Å². The molecule has 1 aromatic rings. The first-order valence-electron chi connectivity index (χ1n) is 6.02. The number of nitrogens with one attached hydrogen (secondary N) is 1. The van der Waals surface area contributed by atoms with Crippen LogP contribution in [-0.4, -0.2) is 22.6 Å². The van der Waals surface area contributed by atoms with Crippen molar-refractivity contribution in [1.29, 1.82) is 0 Å². The predicted octanol–water partition coefficient (Wildman–Crippen LogP) is 2.55. The van der Waals surface area contributed by atoms with Gasteiger partial charge < -0.3 is 10.4 Å². The van der Waals surface area contributed by atoms with E-state index >= 15 is 0 Å². The predicted molar refractivity (Wildman–Crippen MR) is 66.3 cm³/mol. The number of anilines is 1. The first-order valence-corrected chi connectivity index (χ1v) is 6.02. The Kier molecular flexibility index (Phi) is 3.31. The second-order valence-corrected chi connectivity index (χ2v) is 4.83. The minimum Gasteiger partial charge on any atom is -0.478 e. The van der Waals surface area contributed by atoms with E-state index in [2.05, 4.69) is 17.2 Å². The molecule has 1 saturated carbocycles. The third-order valence-corrected chi connectivity index (χ3v) is 3.35. The second-order valence-electron chi connectivity index (χ2n) is 4.83. The first kappa shape index (κ1) is 11.9. The van der Waals surface area contributed by atoms with Crippen molar-refractivity contribution in [3.8, 4) is 0 Å². The molecule has 2 rings (SSSR count).